The van der Waals surface area contributed by atoms with Crippen LogP contribution in [0.25, 0.3) is 0 Å². The van der Waals surface area contributed by atoms with E-state index in [-0.39, 0.29) is 47.2 Å². The molecule has 2 aromatic carbocycles. The van der Waals surface area contributed by atoms with Gasteiger partial charge in [0.15, 0.2) is 9.84 Å². The van der Waals surface area contributed by atoms with Crippen LogP contribution in [0.1, 0.15) is 101 Å². The van der Waals surface area contributed by atoms with E-state index in [4.69, 9.17) is 10.7 Å². The van der Waals surface area contributed by atoms with Crippen LogP contribution in [0.5, 0.6) is 0 Å². The number of carbonyl (C=O) groups excluding carboxylic acids is 5. The lowest BCUT2D eigenvalue weighted by atomic mass is 9.98. The van der Waals surface area contributed by atoms with Crippen LogP contribution in [0, 0.1) is 0 Å². The fraction of sp³-hybridized carbons (Fsp3) is 0.447. The lowest BCUT2D eigenvalue weighted by Gasteiger charge is -2.34. The van der Waals surface area contributed by atoms with Gasteiger partial charge in [-0.15, -0.1) is 0 Å². The number of aryl methyl sites for hydroxylation is 1. The Morgan fingerprint density at radius 1 is 1.02 bits per heavy atom. The first-order chi connectivity index (χ1) is 25.4. The number of fused-ring (bicyclic) bond motifs is 1. The zero-order chi connectivity index (χ0) is 37.7. The average Bonchev–Trinajstić information content (AvgIpc) is 3.46. The van der Waals surface area contributed by atoms with Gasteiger partial charge in [0, 0.05) is 56.8 Å². The van der Waals surface area contributed by atoms with Crippen molar-refractivity contribution in [1.29, 1.82) is 0 Å². The largest absolute Gasteiger partial charge is 0.364 e. The van der Waals surface area contributed by atoms with Crippen molar-refractivity contribution in [2.24, 2.45) is 5.73 Å². The molecule has 0 saturated carbocycles. The number of amides is 5. The fourth-order valence-corrected chi connectivity index (χ4v) is 8.02. The van der Waals surface area contributed by atoms with Gasteiger partial charge in [0.25, 0.3) is 11.8 Å². The van der Waals surface area contributed by atoms with Crippen molar-refractivity contribution < 1.29 is 32.4 Å². The van der Waals surface area contributed by atoms with Crippen LogP contribution in [-0.2, 0) is 43.6 Å². The minimum Gasteiger partial charge on any atom is -0.364 e. The van der Waals surface area contributed by atoms with Crippen LogP contribution < -0.4 is 21.3 Å². The number of benzene rings is 2. The molecule has 2 saturated heterocycles. The lowest BCUT2D eigenvalue weighted by molar-refractivity contribution is -0.137. The Labute approximate surface area is 308 Å². The van der Waals surface area contributed by atoms with Crippen molar-refractivity contribution in [3.8, 4) is 0 Å². The molecular weight excluding hydrogens is 699 g/mol. The number of carbonyl (C=O) groups is 5. The number of hydrogen-bond donors (Lipinski definition) is 3. The van der Waals surface area contributed by atoms with E-state index in [1.165, 1.54) is 18.3 Å². The summed E-state index contributed by atoms with van der Waals surface area (Å²) < 4.78 is 23.7. The maximum Gasteiger partial charge on any atom is 0.269 e. The molecule has 5 amide bonds. The van der Waals surface area contributed by atoms with Gasteiger partial charge >= 0.3 is 0 Å². The third-order valence-corrected chi connectivity index (χ3v) is 11.3. The summed E-state index contributed by atoms with van der Waals surface area (Å²) in [6, 6.07) is 11.4. The Kier molecular flexibility index (Phi) is 11.5. The van der Waals surface area contributed by atoms with Crippen molar-refractivity contribution in [3.05, 3.63) is 82.3 Å². The number of imide groups is 1. The molecule has 3 aromatic rings. The molecule has 53 heavy (non-hydrogen) atoms. The molecule has 280 valence electrons. The quantitative estimate of drug-likeness (QED) is 0.163. The van der Waals surface area contributed by atoms with Gasteiger partial charge in [0.05, 0.1) is 16.8 Å². The number of rotatable bonds is 14. The highest BCUT2D eigenvalue weighted by molar-refractivity contribution is 7.90. The predicted molar refractivity (Wildman–Crippen MR) is 196 cm³/mol. The number of nitrogens with zero attached hydrogens (tertiary/aromatic N) is 4. The van der Waals surface area contributed by atoms with Crippen LogP contribution in [0.4, 0.5) is 5.82 Å². The lowest BCUT2D eigenvalue weighted by Crippen LogP contribution is -2.52. The molecule has 4 N–H and O–H groups in total. The Morgan fingerprint density at radius 3 is 2.53 bits per heavy atom. The van der Waals surface area contributed by atoms with E-state index in [0.717, 1.165) is 67.9 Å². The number of unbranched alkanes of at least 4 members (excludes halogenated alkanes) is 3. The predicted octanol–water partition coefficient (Wildman–Crippen LogP) is 2.61. The third-order valence-electron chi connectivity index (χ3n) is 10.2. The average molecular weight is 744 g/mol. The van der Waals surface area contributed by atoms with Gasteiger partial charge in [0.2, 0.25) is 17.7 Å². The van der Waals surface area contributed by atoms with Crippen LogP contribution in [-0.4, -0.2) is 84.3 Å². The summed E-state index contributed by atoms with van der Waals surface area (Å²) in [7, 11) is -3.34. The Hall–Kier alpha value is -5.18. The Balaban J connectivity index is 0.952. The van der Waals surface area contributed by atoms with Gasteiger partial charge in [0.1, 0.15) is 17.6 Å². The maximum absolute atomic E-state index is 13.1. The number of nitrogens with one attached hydrogen (secondary N) is 2. The Bertz CT molecular complexity index is 2020. The molecule has 2 atom stereocenters. The molecule has 3 aliphatic rings. The zero-order valence-corrected chi connectivity index (χ0v) is 30.6. The van der Waals surface area contributed by atoms with E-state index in [1.54, 1.807) is 23.1 Å². The molecule has 15 heteroatoms. The highest BCUT2D eigenvalue weighted by atomic mass is 32.2. The van der Waals surface area contributed by atoms with Crippen molar-refractivity contribution in [3.63, 3.8) is 0 Å². The molecule has 14 nitrogen and oxygen atoms in total. The number of anilines is 1. The number of primary amides is 1. The summed E-state index contributed by atoms with van der Waals surface area (Å²) >= 11 is 0. The molecule has 6 rings (SSSR count). The van der Waals surface area contributed by atoms with Crippen LogP contribution >= 0.6 is 0 Å². The van der Waals surface area contributed by atoms with Gasteiger partial charge in [-0.3, -0.25) is 29.3 Å². The number of aromatic nitrogens is 2. The molecule has 1 aromatic heterocycles. The van der Waals surface area contributed by atoms with Gasteiger partial charge in [-0.1, -0.05) is 37.1 Å². The fourth-order valence-electron chi connectivity index (χ4n) is 7.39. The molecular formula is C38H45N7O7S. The molecule has 1 unspecified atom stereocenters. The van der Waals surface area contributed by atoms with Crippen molar-refractivity contribution >= 4 is 45.2 Å². The van der Waals surface area contributed by atoms with Crippen molar-refractivity contribution in [2.45, 2.75) is 94.2 Å². The second-order valence-corrected chi connectivity index (χ2v) is 16.1. The normalized spacial score (nSPS) is 18.8. The van der Waals surface area contributed by atoms with Crippen LogP contribution in [0.15, 0.2) is 53.6 Å². The summed E-state index contributed by atoms with van der Waals surface area (Å²) in [6.07, 6.45) is 9.85. The Morgan fingerprint density at radius 2 is 1.79 bits per heavy atom. The SMILES string of the molecule is CS(=O)(=O)c1ccc(Cc2nc(N3CCC[C@@H](NC(=O)CCCCCCc4cccc5c4CN(C4CCC(=O)NC4=O)C5=O)C3)cnc2C(N)=O)cc1. The van der Waals surface area contributed by atoms with Crippen LogP contribution in [0.2, 0.25) is 0 Å². The van der Waals surface area contributed by atoms with E-state index in [1.807, 2.05) is 17.0 Å². The van der Waals surface area contributed by atoms with Gasteiger partial charge < -0.3 is 20.9 Å². The third kappa shape index (κ3) is 9.07. The first kappa shape index (κ1) is 37.6. The number of hydrogen-bond acceptors (Lipinski definition) is 10. The first-order valence-corrected chi connectivity index (χ1v) is 20.0. The number of piperidine rings is 2. The summed E-state index contributed by atoms with van der Waals surface area (Å²) in [6.45, 7) is 1.63. The maximum atomic E-state index is 13.1. The summed E-state index contributed by atoms with van der Waals surface area (Å²) in [5.41, 5.74) is 9.48. The van der Waals surface area contributed by atoms with Crippen LogP contribution in [0.3, 0.4) is 0 Å². The van der Waals surface area contributed by atoms with Crippen molar-refractivity contribution in [1.82, 2.24) is 25.5 Å². The van der Waals surface area contributed by atoms with E-state index in [9.17, 15) is 32.4 Å². The topological polar surface area (TPSA) is 202 Å². The van der Waals surface area contributed by atoms with Gasteiger partial charge in [-0.25, -0.2) is 18.4 Å². The molecule has 4 heterocycles. The monoisotopic (exact) mass is 743 g/mol. The minimum atomic E-state index is -3.34. The zero-order valence-electron chi connectivity index (χ0n) is 29.8. The van der Waals surface area contributed by atoms with E-state index in [0.29, 0.717) is 49.6 Å². The molecule has 0 aliphatic carbocycles. The summed E-state index contributed by atoms with van der Waals surface area (Å²) in [5, 5.41) is 5.52. The molecule has 0 spiro atoms. The van der Waals surface area contributed by atoms with Gasteiger partial charge in [-0.2, -0.15) is 0 Å². The van der Waals surface area contributed by atoms with E-state index >= 15 is 0 Å². The molecule has 3 aliphatic heterocycles. The number of sulfone groups is 1. The number of nitrogens with two attached hydrogens (primary N) is 1. The first-order valence-electron chi connectivity index (χ1n) is 18.1. The second-order valence-electron chi connectivity index (χ2n) is 14.1. The van der Waals surface area contributed by atoms with E-state index in [2.05, 4.69) is 15.6 Å². The second kappa shape index (κ2) is 16.2. The van der Waals surface area contributed by atoms with Crippen molar-refractivity contribution in [2.75, 3.05) is 24.2 Å². The smallest absolute Gasteiger partial charge is 0.269 e. The molecule has 2 fully saturated rings. The highest BCUT2D eigenvalue weighted by Gasteiger charge is 2.39. The molecule has 0 radical (unpaired) electrons. The van der Waals surface area contributed by atoms with E-state index < -0.39 is 27.7 Å². The van der Waals surface area contributed by atoms with Gasteiger partial charge in [-0.05, 0) is 73.4 Å². The summed E-state index contributed by atoms with van der Waals surface area (Å²) in [4.78, 5) is 75.0. The molecule has 0 bridgehead atoms. The summed E-state index contributed by atoms with van der Waals surface area (Å²) in [5.74, 6) is -1.01. The highest BCUT2D eigenvalue weighted by Crippen LogP contribution is 2.31. The minimum absolute atomic E-state index is 0.00169. The standard InChI is InChI=1S/C38H45N7O7S/c1-53(51,52)27-15-13-24(14-16-27)20-30-35(36(39)48)40-21-32(42-30)44-19-7-10-26(22-44)41-33(46)12-5-3-2-4-8-25-9-6-11-28-29(25)23-45(38(28)50)31-17-18-34(47)43-37(31)49/h6,9,11,13-16,21,26,31H,2-5,7-8,10,12,17-20,22-23H2,1H3,(H2,39,48)(H,41,46)(H,43,47,49)/t26-,31?/m1/s1.